The molecule has 282 valence electrons. The minimum absolute atomic E-state index is 0.0224. The Balaban J connectivity index is 0.000000404. The van der Waals surface area contributed by atoms with Crippen LogP contribution in [-0.4, -0.2) is 98.7 Å². The fourth-order valence-electron chi connectivity index (χ4n) is 7.84. The van der Waals surface area contributed by atoms with Crippen LogP contribution in [-0.2, 0) is 37.0 Å². The third-order valence-corrected chi connectivity index (χ3v) is 10.8. The van der Waals surface area contributed by atoms with Crippen LogP contribution >= 0.6 is 11.6 Å². The number of ether oxygens (including phenoxy) is 2. The smallest absolute Gasteiger partial charge is 0.416 e. The Morgan fingerprint density at radius 3 is 2.63 bits per heavy atom. The third-order valence-electron chi connectivity index (χ3n) is 10.4. The van der Waals surface area contributed by atoms with Crippen molar-refractivity contribution in [2.45, 2.75) is 88.8 Å². The number of benzene rings is 1. The van der Waals surface area contributed by atoms with Gasteiger partial charge in [-0.1, -0.05) is 11.6 Å². The molecule has 1 amide bonds. The number of rotatable bonds is 4. The minimum atomic E-state index is -4.83. The molecule has 52 heavy (non-hydrogen) atoms. The first kappa shape index (κ1) is 36.6. The zero-order valence-corrected chi connectivity index (χ0v) is 29.3. The Morgan fingerprint density at radius 2 is 1.92 bits per heavy atom. The first-order chi connectivity index (χ1) is 24.8. The number of hydrogen-bond acceptors (Lipinski definition) is 10. The van der Waals surface area contributed by atoms with E-state index in [1.165, 1.54) is 24.9 Å². The monoisotopic (exact) mass is 754 g/mol. The Labute approximate surface area is 301 Å². The summed E-state index contributed by atoms with van der Waals surface area (Å²) in [4.78, 5) is 27.7. The molecule has 2 aromatic heterocycles. The lowest BCUT2D eigenvalue weighted by atomic mass is 9.94. The lowest BCUT2D eigenvalue weighted by Gasteiger charge is -2.31. The van der Waals surface area contributed by atoms with Gasteiger partial charge in [0.2, 0.25) is 0 Å². The van der Waals surface area contributed by atoms with Crippen molar-refractivity contribution >= 4 is 29.0 Å². The van der Waals surface area contributed by atoms with Crippen LogP contribution in [0.5, 0.6) is 6.01 Å². The van der Waals surface area contributed by atoms with E-state index in [1.54, 1.807) is 4.68 Å². The average Bonchev–Trinajstić information content (AvgIpc) is 3.86. The highest BCUT2D eigenvalue weighted by Gasteiger charge is 2.41. The number of aryl methyl sites for hydroxylation is 1. The van der Waals surface area contributed by atoms with Crippen molar-refractivity contribution in [1.82, 2.24) is 29.5 Å². The van der Waals surface area contributed by atoms with Gasteiger partial charge in [-0.05, 0) is 50.8 Å². The molecule has 3 N–H and O–H groups in total. The highest BCUT2D eigenvalue weighted by atomic mass is 35.5. The number of β-amino-alcohol motifs (C(OH)–C–C–N with tert-alkyl or cyclic N) is 1. The van der Waals surface area contributed by atoms with E-state index >= 15 is 4.39 Å². The van der Waals surface area contributed by atoms with Crippen LogP contribution in [0.1, 0.15) is 76.8 Å². The molecule has 4 atom stereocenters. The number of carbonyl (C=O) groups excluding carboxylic acids is 1. The normalized spacial score (nSPS) is 24.5. The SMILES string of the molecule is COc1nc2c(c(N3CCCn4nc(C(=O)N5CCC(O)C5)c(Cl)c4C3)n1)COC(c1c(C(F)(F)F)ccc(N)c1F)C2.FC1CC2CCCN2C1. The molecule has 3 fully saturated rings. The minimum Gasteiger partial charge on any atom is -0.467 e. The van der Waals surface area contributed by atoms with Crippen LogP contribution in [0.25, 0.3) is 0 Å². The summed E-state index contributed by atoms with van der Waals surface area (Å²) in [5, 5.41) is 14.5. The third kappa shape index (κ3) is 7.11. The summed E-state index contributed by atoms with van der Waals surface area (Å²) in [6.45, 7) is 3.45. The standard InChI is InChI=1S/C27H28ClF4N7O4.C7H12FN/c1-42-26-34-17-9-19(20-15(27(30,31)32)3-4-16(33)22(20)29)43-12-14(17)24(35-26)37-6-2-7-39-18(11-37)21(28)23(36-39)25(41)38-8-5-13(40)10-38;8-6-4-7-2-1-3-9(7)5-6/h3-4,13,19,40H,2,5-12,33H2,1H3;6-7H,1-5H2. The summed E-state index contributed by atoms with van der Waals surface area (Å²) in [6.07, 6.45) is -3.01. The number of nitrogens with zero attached hydrogens (tertiary/aromatic N) is 7. The molecule has 0 spiro atoms. The summed E-state index contributed by atoms with van der Waals surface area (Å²) in [7, 11) is 1.36. The van der Waals surface area contributed by atoms with Crippen molar-refractivity contribution in [2.24, 2.45) is 0 Å². The number of hydrogen-bond donors (Lipinski definition) is 2. The molecule has 3 aromatic rings. The highest BCUT2D eigenvalue weighted by Crippen LogP contribution is 2.43. The van der Waals surface area contributed by atoms with Crippen LogP contribution in [0.3, 0.4) is 0 Å². The zero-order chi connectivity index (χ0) is 36.9. The molecule has 3 saturated heterocycles. The number of aliphatic hydroxyl groups is 1. The van der Waals surface area contributed by atoms with Crippen molar-refractivity contribution in [2.75, 3.05) is 50.5 Å². The quantitative estimate of drug-likeness (QED) is 0.285. The van der Waals surface area contributed by atoms with Crippen LogP contribution in [0.2, 0.25) is 5.02 Å². The molecule has 7 heterocycles. The van der Waals surface area contributed by atoms with Gasteiger partial charge in [0, 0.05) is 56.3 Å². The summed E-state index contributed by atoms with van der Waals surface area (Å²) < 4.78 is 81.9. The summed E-state index contributed by atoms with van der Waals surface area (Å²) in [5.74, 6) is -1.12. The van der Waals surface area contributed by atoms with E-state index in [2.05, 4.69) is 20.0 Å². The molecule has 5 aliphatic rings. The average molecular weight is 755 g/mol. The fraction of sp³-hybridized carbons (Fsp3) is 0.588. The number of methoxy groups -OCH3 is 1. The molecule has 0 saturated carbocycles. The van der Waals surface area contributed by atoms with E-state index in [4.69, 9.17) is 26.8 Å². The number of amides is 1. The Kier molecular flexibility index (Phi) is 10.2. The number of anilines is 2. The molecule has 0 radical (unpaired) electrons. The predicted octanol–water partition coefficient (Wildman–Crippen LogP) is 4.70. The van der Waals surface area contributed by atoms with Crippen molar-refractivity contribution in [3.05, 3.63) is 56.7 Å². The summed E-state index contributed by atoms with van der Waals surface area (Å²) in [5.41, 5.74) is 4.91. The number of aromatic nitrogens is 4. The molecule has 8 rings (SSSR count). The molecular formula is C34H40ClF5N8O4. The Bertz CT molecular complexity index is 1820. The van der Waals surface area contributed by atoms with Gasteiger partial charge in [-0.15, -0.1) is 0 Å². The number of likely N-dealkylation sites (tertiary alicyclic amines) is 1. The van der Waals surface area contributed by atoms with Gasteiger partial charge in [0.25, 0.3) is 5.91 Å². The van der Waals surface area contributed by atoms with Gasteiger partial charge in [0.1, 0.15) is 12.0 Å². The van der Waals surface area contributed by atoms with Crippen LogP contribution < -0.4 is 15.4 Å². The van der Waals surface area contributed by atoms with Gasteiger partial charge in [-0.25, -0.2) is 8.78 Å². The van der Waals surface area contributed by atoms with Gasteiger partial charge in [0.15, 0.2) is 11.5 Å². The van der Waals surface area contributed by atoms with Gasteiger partial charge >= 0.3 is 12.2 Å². The molecular weight excluding hydrogens is 715 g/mol. The lowest BCUT2D eigenvalue weighted by Crippen LogP contribution is -2.30. The molecule has 12 nitrogen and oxygen atoms in total. The zero-order valence-electron chi connectivity index (χ0n) is 28.5. The fourth-order valence-corrected chi connectivity index (χ4v) is 8.12. The van der Waals surface area contributed by atoms with Crippen LogP contribution in [0.4, 0.5) is 33.5 Å². The number of carbonyl (C=O) groups is 1. The second kappa shape index (κ2) is 14.6. The van der Waals surface area contributed by atoms with Crippen molar-refractivity contribution in [3.63, 3.8) is 0 Å². The highest BCUT2D eigenvalue weighted by molar-refractivity contribution is 6.34. The van der Waals surface area contributed by atoms with Gasteiger partial charge in [0.05, 0.1) is 60.1 Å². The summed E-state index contributed by atoms with van der Waals surface area (Å²) in [6, 6.07) is 2.21. The van der Waals surface area contributed by atoms with Crippen LogP contribution in [0, 0.1) is 5.82 Å². The molecule has 4 unspecified atom stereocenters. The van der Waals surface area contributed by atoms with Crippen molar-refractivity contribution < 1.29 is 41.3 Å². The number of nitrogens with two attached hydrogens (primary N) is 1. The number of aliphatic hydroxyl groups excluding tert-OH is 1. The van der Waals surface area contributed by atoms with Crippen LogP contribution in [0.15, 0.2) is 12.1 Å². The Morgan fingerprint density at radius 1 is 1.12 bits per heavy atom. The second-order valence-electron chi connectivity index (χ2n) is 13.8. The number of nitrogen functional groups attached to an aromatic ring is 1. The van der Waals surface area contributed by atoms with E-state index in [-0.39, 0.29) is 48.8 Å². The molecule has 5 aliphatic heterocycles. The second-order valence-corrected chi connectivity index (χ2v) is 14.2. The van der Waals surface area contributed by atoms with Crippen molar-refractivity contribution in [1.29, 1.82) is 0 Å². The summed E-state index contributed by atoms with van der Waals surface area (Å²) >= 11 is 6.71. The van der Waals surface area contributed by atoms with E-state index < -0.39 is 47.2 Å². The van der Waals surface area contributed by atoms with E-state index in [0.29, 0.717) is 67.8 Å². The largest absolute Gasteiger partial charge is 0.467 e. The van der Waals surface area contributed by atoms with Gasteiger partial charge in [-0.2, -0.15) is 28.2 Å². The van der Waals surface area contributed by atoms with Gasteiger partial charge in [-0.3, -0.25) is 14.4 Å². The first-order valence-corrected chi connectivity index (χ1v) is 17.8. The van der Waals surface area contributed by atoms with E-state index in [1.807, 2.05) is 4.90 Å². The molecule has 1 aromatic carbocycles. The Hall–Kier alpha value is -3.80. The molecule has 18 heteroatoms. The van der Waals surface area contributed by atoms with E-state index in [0.717, 1.165) is 25.1 Å². The van der Waals surface area contributed by atoms with Gasteiger partial charge < -0.3 is 30.1 Å². The lowest BCUT2D eigenvalue weighted by molar-refractivity contribution is -0.140. The van der Waals surface area contributed by atoms with E-state index in [9.17, 15) is 27.5 Å². The maximum absolute atomic E-state index is 15.0. The topological polar surface area (TPSA) is 135 Å². The maximum Gasteiger partial charge on any atom is 0.416 e. The number of fused-ring (bicyclic) bond motifs is 3. The molecule has 0 bridgehead atoms. The number of alkyl halides is 4. The first-order valence-electron chi connectivity index (χ1n) is 17.4. The predicted molar refractivity (Wildman–Crippen MR) is 179 cm³/mol. The molecule has 0 aliphatic carbocycles. The van der Waals surface area contributed by atoms with Crippen molar-refractivity contribution in [3.8, 4) is 6.01 Å². The maximum atomic E-state index is 15.0. The number of halogens is 6.